The van der Waals surface area contributed by atoms with Crippen LogP contribution in [0.3, 0.4) is 0 Å². The first-order chi connectivity index (χ1) is 14.5. The number of ether oxygens (including phenoxy) is 2. The van der Waals surface area contributed by atoms with Gasteiger partial charge < -0.3 is 14.4 Å². The van der Waals surface area contributed by atoms with E-state index in [9.17, 15) is 4.39 Å². The summed E-state index contributed by atoms with van der Waals surface area (Å²) >= 11 is 0. The molecule has 1 aromatic heterocycles. The summed E-state index contributed by atoms with van der Waals surface area (Å²) in [6, 6.07) is 14.9. The topological polar surface area (TPSA) is 34.6 Å². The maximum atomic E-state index is 13.5. The molecule has 1 atom stereocenters. The van der Waals surface area contributed by atoms with Crippen molar-refractivity contribution in [2.45, 2.75) is 31.3 Å². The first kappa shape index (κ1) is 20.8. The molecular formula is C25H29FN2O2. The molecule has 1 saturated heterocycles. The SMILES string of the molecule is COc1ccc(C(C)OCC2(c3ccc(F)cc3)CCN(C)CC2)c2ncccc12. The average Bonchev–Trinajstić information content (AvgIpc) is 2.78. The van der Waals surface area contributed by atoms with Gasteiger partial charge in [0, 0.05) is 22.6 Å². The minimum atomic E-state index is -0.202. The number of likely N-dealkylation sites (tertiary alicyclic amines) is 1. The molecule has 5 heteroatoms. The second-order valence-electron chi connectivity index (χ2n) is 8.30. The van der Waals surface area contributed by atoms with Gasteiger partial charge in [-0.2, -0.15) is 0 Å². The van der Waals surface area contributed by atoms with Crippen LogP contribution in [-0.2, 0) is 10.2 Å². The zero-order valence-corrected chi connectivity index (χ0v) is 17.9. The summed E-state index contributed by atoms with van der Waals surface area (Å²) in [6.07, 6.45) is 3.66. The molecule has 1 unspecified atom stereocenters. The summed E-state index contributed by atoms with van der Waals surface area (Å²) in [5.74, 6) is 0.610. The molecule has 4 rings (SSSR count). The lowest BCUT2D eigenvalue weighted by Crippen LogP contribution is -2.44. The van der Waals surface area contributed by atoms with Crippen LogP contribution in [0.4, 0.5) is 4.39 Å². The highest BCUT2D eigenvalue weighted by atomic mass is 19.1. The molecule has 4 nitrogen and oxygen atoms in total. The van der Waals surface area contributed by atoms with Gasteiger partial charge in [-0.3, -0.25) is 4.98 Å². The molecule has 0 N–H and O–H groups in total. The predicted molar refractivity (Wildman–Crippen MR) is 117 cm³/mol. The number of fused-ring (bicyclic) bond motifs is 1. The van der Waals surface area contributed by atoms with Gasteiger partial charge in [-0.25, -0.2) is 4.39 Å². The van der Waals surface area contributed by atoms with Crippen LogP contribution in [0.25, 0.3) is 10.9 Å². The lowest BCUT2D eigenvalue weighted by molar-refractivity contribution is 0.00696. The largest absolute Gasteiger partial charge is 0.496 e. The van der Waals surface area contributed by atoms with Crippen LogP contribution in [-0.4, -0.2) is 43.7 Å². The fourth-order valence-electron chi connectivity index (χ4n) is 4.42. The van der Waals surface area contributed by atoms with Crippen molar-refractivity contribution >= 4 is 10.9 Å². The van der Waals surface area contributed by atoms with Crippen LogP contribution >= 0.6 is 0 Å². The van der Waals surface area contributed by atoms with Crippen molar-refractivity contribution in [3.8, 4) is 5.75 Å². The summed E-state index contributed by atoms with van der Waals surface area (Å²) in [6.45, 7) is 4.67. The minimum absolute atomic E-state index is 0.107. The average molecular weight is 409 g/mol. The number of piperidine rings is 1. The molecule has 158 valence electrons. The van der Waals surface area contributed by atoms with Gasteiger partial charge in [0.2, 0.25) is 0 Å². The van der Waals surface area contributed by atoms with E-state index in [-0.39, 0.29) is 17.3 Å². The molecule has 0 aliphatic carbocycles. The molecular weight excluding hydrogens is 379 g/mol. The van der Waals surface area contributed by atoms with Gasteiger partial charge in [0.05, 0.1) is 25.3 Å². The highest BCUT2D eigenvalue weighted by Crippen LogP contribution is 2.38. The molecule has 0 spiro atoms. The highest BCUT2D eigenvalue weighted by Gasteiger charge is 2.36. The van der Waals surface area contributed by atoms with E-state index in [1.165, 1.54) is 0 Å². The van der Waals surface area contributed by atoms with Crippen molar-refractivity contribution in [2.75, 3.05) is 33.9 Å². The molecule has 30 heavy (non-hydrogen) atoms. The van der Waals surface area contributed by atoms with Crippen molar-refractivity contribution in [1.82, 2.24) is 9.88 Å². The molecule has 1 aliphatic rings. The van der Waals surface area contributed by atoms with Crippen LogP contribution in [0, 0.1) is 5.82 Å². The van der Waals surface area contributed by atoms with Crippen LogP contribution < -0.4 is 4.74 Å². The van der Waals surface area contributed by atoms with E-state index < -0.39 is 0 Å². The van der Waals surface area contributed by atoms with Gasteiger partial charge in [0.25, 0.3) is 0 Å². The van der Waals surface area contributed by atoms with Crippen molar-refractivity contribution in [3.05, 3.63) is 71.7 Å². The van der Waals surface area contributed by atoms with E-state index in [1.807, 2.05) is 36.4 Å². The molecule has 2 aromatic carbocycles. The van der Waals surface area contributed by atoms with Gasteiger partial charge >= 0.3 is 0 Å². The van der Waals surface area contributed by atoms with E-state index in [2.05, 4.69) is 23.9 Å². The third-order valence-corrected chi connectivity index (χ3v) is 6.43. The number of aromatic nitrogens is 1. The number of benzene rings is 2. The van der Waals surface area contributed by atoms with Crippen LogP contribution in [0.1, 0.15) is 37.0 Å². The Morgan fingerprint density at radius 3 is 2.53 bits per heavy atom. The third-order valence-electron chi connectivity index (χ3n) is 6.43. The molecule has 0 bridgehead atoms. The Morgan fingerprint density at radius 1 is 1.10 bits per heavy atom. The van der Waals surface area contributed by atoms with Crippen LogP contribution in [0.15, 0.2) is 54.7 Å². The Labute approximate surface area is 177 Å². The minimum Gasteiger partial charge on any atom is -0.496 e. The third kappa shape index (κ3) is 4.05. The van der Waals surface area contributed by atoms with Gasteiger partial charge in [0.15, 0.2) is 0 Å². The number of hydrogen-bond acceptors (Lipinski definition) is 4. The molecule has 3 aromatic rings. The Bertz CT molecular complexity index is 998. The molecule has 0 saturated carbocycles. The Balaban J connectivity index is 1.60. The molecule has 2 heterocycles. The van der Waals surface area contributed by atoms with Crippen molar-refractivity contribution < 1.29 is 13.9 Å². The van der Waals surface area contributed by atoms with Gasteiger partial charge in [-0.15, -0.1) is 0 Å². The zero-order valence-electron chi connectivity index (χ0n) is 17.9. The monoisotopic (exact) mass is 408 g/mol. The maximum Gasteiger partial charge on any atom is 0.128 e. The number of rotatable bonds is 6. The number of methoxy groups -OCH3 is 1. The Kier molecular flexibility index (Phi) is 6.02. The van der Waals surface area contributed by atoms with E-state index in [1.54, 1.807) is 25.4 Å². The van der Waals surface area contributed by atoms with Crippen LogP contribution in [0.5, 0.6) is 5.75 Å². The predicted octanol–water partition coefficient (Wildman–Crippen LogP) is 5.12. The standard InChI is InChI=1S/C25H29FN2O2/c1-18(21-10-11-23(29-3)22-5-4-14-27-24(21)22)30-17-25(12-15-28(2)16-13-25)19-6-8-20(26)9-7-19/h4-11,14,18H,12-13,15-17H2,1-3H3. The number of pyridine rings is 1. The first-order valence-electron chi connectivity index (χ1n) is 10.5. The zero-order chi connectivity index (χ0) is 21.1. The van der Waals surface area contributed by atoms with Crippen molar-refractivity contribution in [2.24, 2.45) is 0 Å². The number of halogens is 1. The Hall–Kier alpha value is -2.50. The normalized spacial score (nSPS) is 17.7. The fourth-order valence-corrected chi connectivity index (χ4v) is 4.42. The Morgan fingerprint density at radius 2 is 1.83 bits per heavy atom. The summed E-state index contributed by atoms with van der Waals surface area (Å²) < 4.78 is 25.5. The van der Waals surface area contributed by atoms with Crippen LogP contribution in [0.2, 0.25) is 0 Å². The highest BCUT2D eigenvalue weighted by molar-refractivity contribution is 5.87. The van der Waals surface area contributed by atoms with E-state index in [4.69, 9.17) is 9.47 Å². The maximum absolute atomic E-state index is 13.5. The summed E-state index contributed by atoms with van der Waals surface area (Å²) in [5.41, 5.74) is 3.00. The molecule has 1 aliphatic heterocycles. The second-order valence-corrected chi connectivity index (χ2v) is 8.30. The quantitative estimate of drug-likeness (QED) is 0.567. The molecule has 0 amide bonds. The van der Waals surface area contributed by atoms with Gasteiger partial charge in [0.1, 0.15) is 11.6 Å². The number of nitrogens with zero attached hydrogens (tertiary/aromatic N) is 2. The molecule has 1 fully saturated rings. The summed E-state index contributed by atoms with van der Waals surface area (Å²) in [5, 5.41) is 0.987. The lowest BCUT2D eigenvalue weighted by Gasteiger charge is -2.41. The van der Waals surface area contributed by atoms with Gasteiger partial charge in [-0.1, -0.05) is 18.2 Å². The van der Waals surface area contributed by atoms with Crippen molar-refractivity contribution in [1.29, 1.82) is 0 Å². The molecule has 0 radical (unpaired) electrons. The van der Waals surface area contributed by atoms with Crippen molar-refractivity contribution in [3.63, 3.8) is 0 Å². The lowest BCUT2D eigenvalue weighted by atomic mass is 9.73. The van der Waals surface area contributed by atoms with Gasteiger partial charge in [-0.05, 0) is 75.8 Å². The first-order valence-corrected chi connectivity index (χ1v) is 10.5. The summed E-state index contributed by atoms with van der Waals surface area (Å²) in [4.78, 5) is 6.93. The van der Waals surface area contributed by atoms with E-state index >= 15 is 0 Å². The van der Waals surface area contributed by atoms with E-state index in [0.717, 1.165) is 53.7 Å². The van der Waals surface area contributed by atoms with E-state index in [0.29, 0.717) is 6.61 Å². The summed E-state index contributed by atoms with van der Waals surface area (Å²) in [7, 11) is 3.82. The second kappa shape index (κ2) is 8.70. The fraction of sp³-hybridized carbons (Fsp3) is 0.400. The smallest absolute Gasteiger partial charge is 0.128 e. The number of hydrogen-bond donors (Lipinski definition) is 0.